The summed E-state index contributed by atoms with van der Waals surface area (Å²) < 4.78 is 26.7. The molecule has 26 heavy (non-hydrogen) atoms. The molecule has 2 atom stereocenters. The number of aromatic nitrogens is 1. The first-order valence-corrected chi connectivity index (χ1v) is 7.93. The van der Waals surface area contributed by atoms with E-state index in [1.165, 1.54) is 12.3 Å². The lowest BCUT2D eigenvalue weighted by Crippen LogP contribution is -2.50. The minimum Gasteiger partial charge on any atom is -0.347 e. The number of nitrogens with zero attached hydrogens (tertiary/aromatic N) is 1. The van der Waals surface area contributed by atoms with Crippen molar-refractivity contribution in [1.29, 1.82) is 0 Å². The summed E-state index contributed by atoms with van der Waals surface area (Å²) in [5.41, 5.74) is 2.09. The standard InChI is InChI=1S/C18H19F2N3O.2ClH/c1-11-6-13(9-22-8-11)18(24)23-17-10-21-5-4-14(17)12-2-3-15(19)16(20)7-12;;/h2-3,6-9,14,17,21H,4-5,10H2,1H3,(H,23,24);2*1H. The first kappa shape index (κ1) is 22.3. The van der Waals surface area contributed by atoms with Crippen molar-refractivity contribution in [2.45, 2.75) is 25.3 Å². The van der Waals surface area contributed by atoms with Crippen LogP contribution in [0.2, 0.25) is 0 Å². The molecule has 2 aromatic rings. The van der Waals surface area contributed by atoms with E-state index in [1.807, 2.05) is 6.92 Å². The van der Waals surface area contributed by atoms with Crippen molar-refractivity contribution in [2.24, 2.45) is 0 Å². The SMILES string of the molecule is Cc1cncc(C(=O)NC2CNCCC2c2ccc(F)c(F)c2)c1.Cl.Cl. The highest BCUT2D eigenvalue weighted by Crippen LogP contribution is 2.27. The van der Waals surface area contributed by atoms with Crippen LogP contribution in [-0.4, -0.2) is 30.0 Å². The van der Waals surface area contributed by atoms with Crippen LogP contribution in [0.25, 0.3) is 0 Å². The fraction of sp³-hybridized carbons (Fsp3) is 0.333. The van der Waals surface area contributed by atoms with Gasteiger partial charge in [-0.15, -0.1) is 24.8 Å². The third-order valence-electron chi connectivity index (χ3n) is 4.31. The maximum atomic E-state index is 13.5. The van der Waals surface area contributed by atoms with Crippen LogP contribution in [0.1, 0.15) is 33.8 Å². The van der Waals surface area contributed by atoms with Crippen LogP contribution >= 0.6 is 24.8 Å². The molecule has 4 nitrogen and oxygen atoms in total. The van der Waals surface area contributed by atoms with E-state index < -0.39 is 11.6 Å². The van der Waals surface area contributed by atoms with Crippen LogP contribution in [0, 0.1) is 18.6 Å². The molecule has 2 heterocycles. The lowest BCUT2D eigenvalue weighted by Gasteiger charge is -2.33. The summed E-state index contributed by atoms with van der Waals surface area (Å²) in [5, 5.41) is 6.22. The van der Waals surface area contributed by atoms with Gasteiger partial charge in [0.15, 0.2) is 11.6 Å². The lowest BCUT2D eigenvalue weighted by molar-refractivity contribution is 0.0924. The van der Waals surface area contributed by atoms with E-state index in [-0.39, 0.29) is 42.7 Å². The smallest absolute Gasteiger partial charge is 0.253 e. The lowest BCUT2D eigenvalue weighted by atomic mass is 9.86. The van der Waals surface area contributed by atoms with Gasteiger partial charge in [0.25, 0.3) is 5.91 Å². The van der Waals surface area contributed by atoms with E-state index in [4.69, 9.17) is 0 Å². The average Bonchev–Trinajstić information content (AvgIpc) is 2.58. The predicted molar refractivity (Wildman–Crippen MR) is 101 cm³/mol. The number of piperidine rings is 1. The molecule has 8 heteroatoms. The number of carbonyl (C=O) groups is 1. The quantitative estimate of drug-likeness (QED) is 0.825. The molecular formula is C18H21Cl2F2N3O. The molecule has 1 aromatic carbocycles. The Morgan fingerprint density at radius 3 is 2.65 bits per heavy atom. The molecule has 0 saturated carbocycles. The number of nitrogens with one attached hydrogen (secondary N) is 2. The molecule has 1 aliphatic heterocycles. The van der Waals surface area contributed by atoms with Gasteiger partial charge in [-0.05, 0) is 49.2 Å². The Labute approximate surface area is 163 Å². The number of halogens is 4. The maximum absolute atomic E-state index is 13.5. The molecule has 3 rings (SSSR count). The largest absolute Gasteiger partial charge is 0.347 e. The van der Waals surface area contributed by atoms with Gasteiger partial charge in [0.1, 0.15) is 0 Å². The molecule has 2 N–H and O–H groups in total. The van der Waals surface area contributed by atoms with Crippen molar-refractivity contribution >= 4 is 30.7 Å². The maximum Gasteiger partial charge on any atom is 0.253 e. The van der Waals surface area contributed by atoms with Crippen molar-refractivity contribution in [3.05, 3.63) is 65.0 Å². The van der Waals surface area contributed by atoms with Crippen LogP contribution in [-0.2, 0) is 0 Å². The Balaban J connectivity index is 0.00000169. The monoisotopic (exact) mass is 403 g/mol. The van der Waals surface area contributed by atoms with Crippen molar-refractivity contribution in [3.8, 4) is 0 Å². The van der Waals surface area contributed by atoms with E-state index in [9.17, 15) is 13.6 Å². The van der Waals surface area contributed by atoms with Crippen molar-refractivity contribution in [3.63, 3.8) is 0 Å². The van der Waals surface area contributed by atoms with Crippen molar-refractivity contribution in [1.82, 2.24) is 15.6 Å². The van der Waals surface area contributed by atoms with Gasteiger partial charge >= 0.3 is 0 Å². The summed E-state index contributed by atoms with van der Waals surface area (Å²) in [7, 11) is 0. The molecule has 2 unspecified atom stereocenters. The summed E-state index contributed by atoms with van der Waals surface area (Å²) in [6, 6.07) is 5.51. The molecule has 1 amide bonds. The van der Waals surface area contributed by atoms with Gasteiger partial charge in [0.2, 0.25) is 0 Å². The minimum absolute atomic E-state index is 0. The minimum atomic E-state index is -0.862. The van der Waals surface area contributed by atoms with E-state index in [0.717, 1.165) is 24.6 Å². The number of rotatable bonds is 3. The Morgan fingerprint density at radius 1 is 1.19 bits per heavy atom. The van der Waals surface area contributed by atoms with Crippen LogP contribution in [0.3, 0.4) is 0 Å². The summed E-state index contributed by atoms with van der Waals surface area (Å²) >= 11 is 0. The van der Waals surface area contributed by atoms with Crippen LogP contribution in [0.4, 0.5) is 8.78 Å². The molecule has 1 fully saturated rings. The van der Waals surface area contributed by atoms with Gasteiger partial charge in [0, 0.05) is 30.9 Å². The topological polar surface area (TPSA) is 54.0 Å². The first-order valence-electron chi connectivity index (χ1n) is 7.93. The summed E-state index contributed by atoms with van der Waals surface area (Å²) in [5.74, 6) is -2.01. The van der Waals surface area contributed by atoms with Gasteiger partial charge in [-0.3, -0.25) is 9.78 Å². The number of hydrogen-bond acceptors (Lipinski definition) is 3. The third kappa shape index (κ3) is 5.13. The Morgan fingerprint density at radius 2 is 1.96 bits per heavy atom. The molecule has 0 aliphatic carbocycles. The number of benzene rings is 1. The molecule has 1 saturated heterocycles. The number of hydrogen-bond donors (Lipinski definition) is 2. The van der Waals surface area contributed by atoms with Gasteiger partial charge in [-0.25, -0.2) is 8.78 Å². The molecule has 0 bridgehead atoms. The van der Waals surface area contributed by atoms with Crippen LogP contribution in [0.15, 0.2) is 36.7 Å². The second-order valence-electron chi connectivity index (χ2n) is 6.10. The molecule has 0 spiro atoms. The second-order valence-corrected chi connectivity index (χ2v) is 6.10. The van der Waals surface area contributed by atoms with Gasteiger partial charge < -0.3 is 10.6 Å². The average molecular weight is 404 g/mol. The van der Waals surface area contributed by atoms with Crippen molar-refractivity contribution < 1.29 is 13.6 Å². The molecule has 1 aliphatic rings. The molecular weight excluding hydrogens is 383 g/mol. The number of aryl methyl sites for hydroxylation is 1. The Bertz CT molecular complexity index is 761. The Kier molecular flexibility index (Phi) is 8.40. The normalized spacial score (nSPS) is 19.0. The highest BCUT2D eigenvalue weighted by Gasteiger charge is 2.28. The molecule has 1 aromatic heterocycles. The zero-order valence-electron chi connectivity index (χ0n) is 14.2. The van der Waals surface area contributed by atoms with Crippen LogP contribution in [0.5, 0.6) is 0 Å². The first-order chi connectivity index (χ1) is 11.5. The van der Waals surface area contributed by atoms with E-state index in [0.29, 0.717) is 17.7 Å². The number of pyridine rings is 1. The van der Waals surface area contributed by atoms with Gasteiger partial charge in [0.05, 0.1) is 5.56 Å². The zero-order valence-corrected chi connectivity index (χ0v) is 15.8. The predicted octanol–water partition coefficient (Wildman–Crippen LogP) is 3.39. The van der Waals surface area contributed by atoms with Crippen molar-refractivity contribution in [2.75, 3.05) is 13.1 Å². The fourth-order valence-corrected chi connectivity index (χ4v) is 3.08. The zero-order chi connectivity index (χ0) is 17.1. The van der Waals surface area contributed by atoms with E-state index >= 15 is 0 Å². The highest BCUT2D eigenvalue weighted by atomic mass is 35.5. The second kappa shape index (κ2) is 9.80. The van der Waals surface area contributed by atoms with E-state index in [1.54, 1.807) is 18.3 Å². The van der Waals surface area contributed by atoms with Gasteiger partial charge in [-0.1, -0.05) is 6.07 Å². The third-order valence-corrected chi connectivity index (χ3v) is 4.31. The fourth-order valence-electron chi connectivity index (χ4n) is 3.08. The van der Waals surface area contributed by atoms with Crippen LogP contribution < -0.4 is 10.6 Å². The summed E-state index contributed by atoms with van der Waals surface area (Å²) in [4.78, 5) is 16.5. The molecule has 0 radical (unpaired) electrons. The summed E-state index contributed by atoms with van der Waals surface area (Å²) in [6.07, 6.45) is 3.94. The summed E-state index contributed by atoms with van der Waals surface area (Å²) in [6.45, 7) is 3.22. The molecule has 142 valence electrons. The number of carbonyl (C=O) groups excluding carboxylic acids is 1. The Hall–Kier alpha value is -1.76. The highest BCUT2D eigenvalue weighted by molar-refractivity contribution is 5.94. The van der Waals surface area contributed by atoms with Gasteiger partial charge in [-0.2, -0.15) is 0 Å². The number of amides is 1. The van der Waals surface area contributed by atoms with E-state index in [2.05, 4.69) is 15.6 Å².